The first-order chi connectivity index (χ1) is 12.5. The molecule has 1 saturated heterocycles. The number of rotatable bonds is 3. The van der Waals surface area contributed by atoms with Crippen LogP contribution < -0.4 is 4.90 Å². The van der Waals surface area contributed by atoms with Crippen LogP contribution in [-0.4, -0.2) is 38.8 Å². The first kappa shape index (κ1) is 16.6. The molecule has 3 aromatic rings. The SMILES string of the molecule is Cc1ccc(C)c(-c2cc3c(N4CCCC(C(=O)O)C4)nccn3n2)c1. The number of hydrogen-bond acceptors (Lipinski definition) is 4. The molecule has 1 aliphatic heterocycles. The highest BCUT2D eigenvalue weighted by Crippen LogP contribution is 2.30. The van der Waals surface area contributed by atoms with Gasteiger partial charge in [-0.25, -0.2) is 9.50 Å². The molecule has 0 saturated carbocycles. The molecule has 0 radical (unpaired) electrons. The first-order valence-electron chi connectivity index (χ1n) is 8.92. The number of carboxylic acids is 1. The number of fused-ring (bicyclic) bond motifs is 1. The average Bonchev–Trinajstić information content (AvgIpc) is 3.07. The molecule has 1 N–H and O–H groups in total. The first-order valence-corrected chi connectivity index (χ1v) is 8.92. The largest absolute Gasteiger partial charge is 0.481 e. The fourth-order valence-electron chi connectivity index (χ4n) is 3.67. The van der Waals surface area contributed by atoms with Crippen molar-refractivity contribution in [2.75, 3.05) is 18.0 Å². The van der Waals surface area contributed by atoms with Gasteiger partial charge in [0.15, 0.2) is 5.82 Å². The van der Waals surface area contributed by atoms with E-state index < -0.39 is 5.97 Å². The second-order valence-electron chi connectivity index (χ2n) is 7.05. The summed E-state index contributed by atoms with van der Waals surface area (Å²) in [5.74, 6) is -0.263. The number of carboxylic acid groups (broad SMARTS) is 1. The maximum atomic E-state index is 11.4. The third kappa shape index (κ3) is 2.92. The molecule has 4 rings (SSSR count). The second kappa shape index (κ2) is 6.44. The van der Waals surface area contributed by atoms with Gasteiger partial charge in [0.25, 0.3) is 0 Å². The lowest BCUT2D eigenvalue weighted by Crippen LogP contribution is -2.39. The minimum atomic E-state index is -0.730. The molecule has 1 aliphatic rings. The zero-order valence-electron chi connectivity index (χ0n) is 15.0. The predicted molar refractivity (Wildman–Crippen MR) is 100 cm³/mol. The molecule has 0 amide bonds. The van der Waals surface area contributed by atoms with Gasteiger partial charge in [0.2, 0.25) is 0 Å². The maximum Gasteiger partial charge on any atom is 0.308 e. The molecular weight excluding hydrogens is 328 g/mol. The highest BCUT2D eigenvalue weighted by molar-refractivity contribution is 5.77. The van der Waals surface area contributed by atoms with Crippen LogP contribution in [0.3, 0.4) is 0 Å². The number of aliphatic carboxylic acids is 1. The molecule has 0 spiro atoms. The summed E-state index contributed by atoms with van der Waals surface area (Å²) in [6.45, 7) is 5.47. The normalized spacial score (nSPS) is 17.6. The van der Waals surface area contributed by atoms with E-state index in [4.69, 9.17) is 5.10 Å². The predicted octanol–water partition coefficient (Wildman–Crippen LogP) is 3.31. The highest BCUT2D eigenvalue weighted by Gasteiger charge is 2.27. The number of benzene rings is 1. The van der Waals surface area contributed by atoms with Crippen LogP contribution in [0.4, 0.5) is 5.82 Å². The Bertz CT molecular complexity index is 979. The minimum absolute atomic E-state index is 0.341. The smallest absolute Gasteiger partial charge is 0.308 e. The molecule has 1 fully saturated rings. The second-order valence-corrected chi connectivity index (χ2v) is 7.05. The Labute approximate surface area is 152 Å². The van der Waals surface area contributed by atoms with E-state index in [1.165, 1.54) is 11.1 Å². The van der Waals surface area contributed by atoms with Gasteiger partial charge in [0.05, 0.1) is 11.6 Å². The number of piperidine rings is 1. The van der Waals surface area contributed by atoms with E-state index in [1.807, 2.05) is 10.7 Å². The van der Waals surface area contributed by atoms with E-state index in [-0.39, 0.29) is 5.92 Å². The molecule has 0 bridgehead atoms. The summed E-state index contributed by atoms with van der Waals surface area (Å²) in [4.78, 5) is 18.0. The van der Waals surface area contributed by atoms with Crippen LogP contribution in [0, 0.1) is 19.8 Å². The molecule has 6 heteroatoms. The van der Waals surface area contributed by atoms with E-state index in [0.29, 0.717) is 6.54 Å². The standard InChI is InChI=1S/C20H22N4O2/c1-13-5-6-14(2)16(10-13)17-11-18-19(21-7-9-24(18)22-17)23-8-3-4-15(12-23)20(25)26/h5-7,9-11,15H,3-4,8,12H2,1-2H3,(H,25,26). The third-order valence-electron chi connectivity index (χ3n) is 5.11. The Morgan fingerprint density at radius 2 is 2.12 bits per heavy atom. The van der Waals surface area contributed by atoms with Crippen molar-refractivity contribution in [3.05, 3.63) is 47.8 Å². The minimum Gasteiger partial charge on any atom is -0.481 e. The summed E-state index contributed by atoms with van der Waals surface area (Å²) < 4.78 is 1.84. The molecule has 1 aromatic carbocycles. The third-order valence-corrected chi connectivity index (χ3v) is 5.11. The van der Waals surface area contributed by atoms with E-state index in [2.05, 4.69) is 48.0 Å². The molecule has 134 valence electrons. The van der Waals surface area contributed by atoms with Gasteiger partial charge >= 0.3 is 5.97 Å². The van der Waals surface area contributed by atoms with Gasteiger partial charge in [-0.1, -0.05) is 17.7 Å². The summed E-state index contributed by atoms with van der Waals surface area (Å²) in [5.41, 5.74) is 5.31. The highest BCUT2D eigenvalue weighted by atomic mass is 16.4. The molecule has 1 atom stereocenters. The quantitative estimate of drug-likeness (QED) is 0.785. The Hall–Kier alpha value is -2.89. The van der Waals surface area contributed by atoms with Gasteiger partial charge in [0.1, 0.15) is 5.52 Å². The van der Waals surface area contributed by atoms with Crippen LogP contribution in [0.1, 0.15) is 24.0 Å². The number of carbonyl (C=O) groups is 1. The number of hydrogen-bond donors (Lipinski definition) is 1. The van der Waals surface area contributed by atoms with Crippen LogP contribution in [0.2, 0.25) is 0 Å². The molecular formula is C20H22N4O2. The summed E-state index contributed by atoms with van der Waals surface area (Å²) in [7, 11) is 0. The number of aryl methyl sites for hydroxylation is 2. The van der Waals surface area contributed by atoms with Crippen molar-refractivity contribution in [3.63, 3.8) is 0 Å². The topological polar surface area (TPSA) is 70.7 Å². The van der Waals surface area contributed by atoms with Crippen molar-refractivity contribution in [3.8, 4) is 11.3 Å². The number of nitrogens with zero attached hydrogens (tertiary/aromatic N) is 4. The Morgan fingerprint density at radius 3 is 2.92 bits per heavy atom. The van der Waals surface area contributed by atoms with E-state index in [0.717, 1.165) is 42.0 Å². The summed E-state index contributed by atoms with van der Waals surface area (Å²) >= 11 is 0. The fraction of sp³-hybridized carbons (Fsp3) is 0.350. The van der Waals surface area contributed by atoms with Crippen LogP contribution in [0.15, 0.2) is 36.7 Å². The van der Waals surface area contributed by atoms with Gasteiger partial charge in [-0.05, 0) is 44.4 Å². The van der Waals surface area contributed by atoms with Gasteiger partial charge in [-0.2, -0.15) is 5.10 Å². The zero-order chi connectivity index (χ0) is 18.3. The molecule has 1 unspecified atom stereocenters. The van der Waals surface area contributed by atoms with Gasteiger partial charge in [0, 0.05) is 31.0 Å². The van der Waals surface area contributed by atoms with Crippen molar-refractivity contribution in [2.45, 2.75) is 26.7 Å². The Balaban J connectivity index is 1.77. The Kier molecular flexibility index (Phi) is 4.11. The molecule has 2 aromatic heterocycles. The zero-order valence-corrected chi connectivity index (χ0v) is 15.0. The van der Waals surface area contributed by atoms with Gasteiger partial charge in [-0.15, -0.1) is 0 Å². The van der Waals surface area contributed by atoms with E-state index >= 15 is 0 Å². The van der Waals surface area contributed by atoms with Crippen molar-refractivity contribution in [1.82, 2.24) is 14.6 Å². The van der Waals surface area contributed by atoms with Crippen molar-refractivity contribution in [2.24, 2.45) is 5.92 Å². The lowest BCUT2D eigenvalue weighted by Gasteiger charge is -2.31. The van der Waals surface area contributed by atoms with Gasteiger partial charge in [-0.3, -0.25) is 4.79 Å². The number of aromatic nitrogens is 3. The molecule has 0 aliphatic carbocycles. The van der Waals surface area contributed by atoms with Crippen LogP contribution in [0.25, 0.3) is 16.8 Å². The van der Waals surface area contributed by atoms with E-state index in [9.17, 15) is 9.90 Å². The summed E-state index contributed by atoms with van der Waals surface area (Å²) in [5, 5.41) is 14.1. The van der Waals surface area contributed by atoms with E-state index in [1.54, 1.807) is 6.20 Å². The molecule has 3 heterocycles. The van der Waals surface area contributed by atoms with Crippen LogP contribution in [-0.2, 0) is 4.79 Å². The monoisotopic (exact) mass is 350 g/mol. The summed E-state index contributed by atoms with van der Waals surface area (Å²) in [6.07, 6.45) is 5.15. The fourth-order valence-corrected chi connectivity index (χ4v) is 3.67. The number of anilines is 1. The Morgan fingerprint density at radius 1 is 1.27 bits per heavy atom. The lowest BCUT2D eigenvalue weighted by atomic mass is 9.98. The summed E-state index contributed by atoms with van der Waals surface area (Å²) in [6, 6.07) is 8.40. The van der Waals surface area contributed by atoms with Crippen molar-refractivity contribution in [1.29, 1.82) is 0 Å². The average molecular weight is 350 g/mol. The van der Waals surface area contributed by atoms with Crippen molar-refractivity contribution < 1.29 is 9.90 Å². The molecule has 6 nitrogen and oxygen atoms in total. The van der Waals surface area contributed by atoms with Gasteiger partial charge < -0.3 is 10.0 Å². The van der Waals surface area contributed by atoms with Crippen LogP contribution in [0.5, 0.6) is 0 Å². The van der Waals surface area contributed by atoms with Crippen molar-refractivity contribution >= 4 is 17.3 Å². The maximum absolute atomic E-state index is 11.4. The molecule has 26 heavy (non-hydrogen) atoms. The van der Waals surface area contributed by atoms with Crippen LogP contribution >= 0.6 is 0 Å². The lowest BCUT2D eigenvalue weighted by molar-refractivity contribution is -0.141.